The smallest absolute Gasteiger partial charge is 0.140 e. The second kappa shape index (κ2) is 7.94. The van der Waals surface area contributed by atoms with Crippen molar-refractivity contribution in [2.24, 2.45) is 0 Å². The Balaban J connectivity index is 1.76. The van der Waals surface area contributed by atoms with Gasteiger partial charge in [-0.1, -0.05) is 0 Å². The van der Waals surface area contributed by atoms with Gasteiger partial charge in [0.15, 0.2) is 0 Å². The zero-order valence-electron chi connectivity index (χ0n) is 11.3. The summed E-state index contributed by atoms with van der Waals surface area (Å²) in [6, 6.07) is 5.97. The van der Waals surface area contributed by atoms with Crippen LogP contribution in [0.1, 0.15) is 9.88 Å². The summed E-state index contributed by atoms with van der Waals surface area (Å²) < 4.78 is 23.2. The number of ether oxygens (including phenoxy) is 2. The lowest BCUT2D eigenvalue weighted by Gasteiger charge is -2.03. The Bertz CT molecular complexity index is 516. The molecule has 0 amide bonds. The summed E-state index contributed by atoms with van der Waals surface area (Å²) in [6.45, 7) is 2.68. The van der Waals surface area contributed by atoms with Crippen LogP contribution in [0.25, 0.3) is 0 Å². The third kappa shape index (κ3) is 4.88. The molecule has 0 saturated carbocycles. The minimum Gasteiger partial charge on any atom is -0.486 e. The van der Waals surface area contributed by atoms with Crippen molar-refractivity contribution in [2.45, 2.75) is 13.2 Å². The highest BCUT2D eigenvalue weighted by Gasteiger charge is 2.03. The van der Waals surface area contributed by atoms with Gasteiger partial charge in [0.05, 0.1) is 6.61 Å². The van der Waals surface area contributed by atoms with E-state index in [-0.39, 0.29) is 5.82 Å². The first-order valence-corrected chi connectivity index (χ1v) is 7.11. The number of benzene rings is 1. The SMILES string of the molecule is COCCNCc1cnc(COc2ccc(F)cc2)s1. The van der Waals surface area contributed by atoms with E-state index in [1.165, 1.54) is 12.1 Å². The van der Waals surface area contributed by atoms with E-state index in [0.717, 1.165) is 23.0 Å². The van der Waals surface area contributed by atoms with Gasteiger partial charge in [-0.05, 0) is 24.3 Å². The van der Waals surface area contributed by atoms with Crippen LogP contribution in [0.3, 0.4) is 0 Å². The fraction of sp³-hybridized carbons (Fsp3) is 0.357. The molecule has 2 rings (SSSR count). The van der Waals surface area contributed by atoms with Gasteiger partial charge in [0, 0.05) is 31.3 Å². The molecule has 0 spiro atoms. The van der Waals surface area contributed by atoms with E-state index in [1.54, 1.807) is 30.6 Å². The molecule has 1 aromatic heterocycles. The van der Waals surface area contributed by atoms with Crippen molar-refractivity contribution in [1.82, 2.24) is 10.3 Å². The minimum atomic E-state index is -0.268. The Kier molecular flexibility index (Phi) is 5.91. The number of halogens is 1. The van der Waals surface area contributed by atoms with Crippen LogP contribution >= 0.6 is 11.3 Å². The van der Waals surface area contributed by atoms with Gasteiger partial charge in [0.1, 0.15) is 23.2 Å². The van der Waals surface area contributed by atoms with Crippen molar-refractivity contribution < 1.29 is 13.9 Å². The average Bonchev–Trinajstić information content (AvgIpc) is 2.91. The number of hydrogen-bond donors (Lipinski definition) is 1. The van der Waals surface area contributed by atoms with Gasteiger partial charge >= 0.3 is 0 Å². The lowest BCUT2D eigenvalue weighted by molar-refractivity contribution is 0.199. The average molecular weight is 296 g/mol. The summed E-state index contributed by atoms with van der Waals surface area (Å²) in [6.07, 6.45) is 1.84. The van der Waals surface area contributed by atoms with Crippen molar-refractivity contribution in [3.05, 3.63) is 46.2 Å². The first-order chi connectivity index (χ1) is 9.78. The van der Waals surface area contributed by atoms with E-state index in [4.69, 9.17) is 9.47 Å². The van der Waals surface area contributed by atoms with Crippen molar-refractivity contribution in [3.63, 3.8) is 0 Å². The molecule has 1 N–H and O–H groups in total. The van der Waals surface area contributed by atoms with Gasteiger partial charge in [0.2, 0.25) is 0 Å². The number of nitrogens with zero attached hydrogens (tertiary/aromatic N) is 1. The third-order valence-corrected chi connectivity index (χ3v) is 3.53. The van der Waals surface area contributed by atoms with Gasteiger partial charge in [-0.25, -0.2) is 9.37 Å². The van der Waals surface area contributed by atoms with E-state index in [1.807, 2.05) is 6.20 Å². The Morgan fingerprint density at radius 3 is 2.85 bits per heavy atom. The molecule has 0 aliphatic heterocycles. The van der Waals surface area contributed by atoms with Gasteiger partial charge in [-0.15, -0.1) is 11.3 Å². The van der Waals surface area contributed by atoms with Crippen LogP contribution in [0.4, 0.5) is 4.39 Å². The van der Waals surface area contributed by atoms with Crippen LogP contribution < -0.4 is 10.1 Å². The maximum Gasteiger partial charge on any atom is 0.140 e. The Labute approximate surface area is 121 Å². The van der Waals surface area contributed by atoms with Crippen LogP contribution in [0.2, 0.25) is 0 Å². The number of methoxy groups -OCH3 is 1. The van der Waals surface area contributed by atoms with Crippen LogP contribution in [0.15, 0.2) is 30.5 Å². The predicted octanol–water partition coefficient (Wildman–Crippen LogP) is 2.60. The predicted molar refractivity (Wildman–Crippen MR) is 76.4 cm³/mol. The largest absolute Gasteiger partial charge is 0.486 e. The zero-order valence-corrected chi connectivity index (χ0v) is 12.1. The summed E-state index contributed by atoms with van der Waals surface area (Å²) in [4.78, 5) is 5.45. The second-order valence-electron chi connectivity index (χ2n) is 4.13. The molecule has 1 aromatic carbocycles. The van der Waals surface area contributed by atoms with E-state index < -0.39 is 0 Å². The molecule has 0 aliphatic carbocycles. The Morgan fingerprint density at radius 2 is 2.10 bits per heavy atom. The molecule has 0 fully saturated rings. The van der Waals surface area contributed by atoms with Crippen molar-refractivity contribution >= 4 is 11.3 Å². The molecule has 6 heteroatoms. The second-order valence-corrected chi connectivity index (χ2v) is 5.33. The quantitative estimate of drug-likeness (QED) is 0.760. The molecule has 0 saturated heterocycles. The molecule has 0 unspecified atom stereocenters. The molecule has 0 radical (unpaired) electrons. The zero-order chi connectivity index (χ0) is 14.2. The number of thiazole rings is 1. The number of hydrogen-bond acceptors (Lipinski definition) is 5. The fourth-order valence-corrected chi connectivity index (χ4v) is 2.36. The van der Waals surface area contributed by atoms with Gasteiger partial charge in [-0.3, -0.25) is 0 Å². The Morgan fingerprint density at radius 1 is 1.30 bits per heavy atom. The summed E-state index contributed by atoms with van der Waals surface area (Å²) in [7, 11) is 1.68. The molecule has 0 bridgehead atoms. The molecule has 20 heavy (non-hydrogen) atoms. The highest BCUT2D eigenvalue weighted by Crippen LogP contribution is 2.17. The van der Waals surface area contributed by atoms with Crippen molar-refractivity contribution in [1.29, 1.82) is 0 Å². The normalized spacial score (nSPS) is 10.7. The van der Waals surface area contributed by atoms with Gasteiger partial charge in [0.25, 0.3) is 0 Å². The summed E-state index contributed by atoms with van der Waals surface area (Å²) in [5.74, 6) is 0.373. The molecular formula is C14H17FN2O2S. The lowest BCUT2D eigenvalue weighted by Crippen LogP contribution is -2.17. The highest BCUT2D eigenvalue weighted by atomic mass is 32.1. The molecule has 0 atom stereocenters. The van der Waals surface area contributed by atoms with E-state index in [2.05, 4.69) is 10.3 Å². The molecule has 4 nitrogen and oxygen atoms in total. The first kappa shape index (κ1) is 14.9. The minimum absolute atomic E-state index is 0.268. The summed E-state index contributed by atoms with van der Waals surface area (Å²) in [5.41, 5.74) is 0. The van der Waals surface area contributed by atoms with Crippen LogP contribution in [0, 0.1) is 5.82 Å². The first-order valence-electron chi connectivity index (χ1n) is 6.29. The van der Waals surface area contributed by atoms with Crippen molar-refractivity contribution in [3.8, 4) is 5.75 Å². The highest BCUT2D eigenvalue weighted by molar-refractivity contribution is 7.11. The van der Waals surface area contributed by atoms with E-state index in [0.29, 0.717) is 19.0 Å². The Hall–Kier alpha value is -1.50. The van der Waals surface area contributed by atoms with Crippen LogP contribution in [0.5, 0.6) is 5.75 Å². The van der Waals surface area contributed by atoms with Crippen molar-refractivity contribution in [2.75, 3.05) is 20.3 Å². The molecule has 108 valence electrons. The molecule has 1 heterocycles. The number of rotatable bonds is 8. The summed E-state index contributed by atoms with van der Waals surface area (Å²) >= 11 is 1.60. The van der Waals surface area contributed by atoms with E-state index >= 15 is 0 Å². The number of nitrogens with one attached hydrogen (secondary N) is 1. The van der Waals surface area contributed by atoms with E-state index in [9.17, 15) is 4.39 Å². The number of aromatic nitrogens is 1. The standard InChI is InChI=1S/C14H17FN2O2S/c1-18-7-6-16-8-13-9-17-14(20-13)10-19-12-4-2-11(15)3-5-12/h2-5,9,16H,6-8,10H2,1H3. The van der Waals surface area contributed by atoms with Gasteiger partial charge < -0.3 is 14.8 Å². The maximum atomic E-state index is 12.7. The van der Waals surface area contributed by atoms with Crippen LogP contribution in [-0.4, -0.2) is 25.2 Å². The molecule has 2 aromatic rings. The topological polar surface area (TPSA) is 43.4 Å². The molecular weight excluding hydrogens is 279 g/mol. The van der Waals surface area contributed by atoms with Crippen LogP contribution in [-0.2, 0) is 17.9 Å². The third-order valence-electron chi connectivity index (χ3n) is 2.56. The fourth-order valence-electron chi connectivity index (χ4n) is 1.56. The maximum absolute atomic E-state index is 12.7. The summed E-state index contributed by atoms with van der Waals surface area (Å²) in [5, 5.41) is 4.16. The van der Waals surface area contributed by atoms with Gasteiger partial charge in [-0.2, -0.15) is 0 Å². The molecule has 0 aliphatic rings. The lowest BCUT2D eigenvalue weighted by atomic mass is 10.3. The monoisotopic (exact) mass is 296 g/mol.